The largest absolute Gasteiger partial charge is 0.497 e. The molecule has 4 nitrogen and oxygen atoms in total. The zero-order valence-corrected chi connectivity index (χ0v) is 10.7. The maximum Gasteiger partial charge on any atom is 0.118 e. The van der Waals surface area contributed by atoms with Crippen LogP contribution in [0.1, 0.15) is 5.56 Å². The number of hydrogen-bond acceptors (Lipinski definition) is 4. The van der Waals surface area contributed by atoms with E-state index in [1.54, 1.807) is 7.11 Å². The molecule has 1 rings (SSSR count). The summed E-state index contributed by atoms with van der Waals surface area (Å²) in [5, 5.41) is 0. The topological polar surface area (TPSA) is 64.5 Å². The molecular formula is C13H23N3O. The fourth-order valence-electron chi connectivity index (χ4n) is 1.68. The highest BCUT2D eigenvalue weighted by Crippen LogP contribution is 2.11. The Bertz CT molecular complexity index is 313. The molecule has 1 aromatic carbocycles. The van der Waals surface area contributed by atoms with Gasteiger partial charge in [0.2, 0.25) is 0 Å². The standard InChI is InChI=1S/C13H23N3O/c1-16(10-12(15)9-14)8-7-11-3-5-13(17-2)6-4-11/h3-6,12H,7-10,14-15H2,1-2H3. The van der Waals surface area contributed by atoms with Crippen LogP contribution in [0.15, 0.2) is 24.3 Å². The van der Waals surface area contributed by atoms with Crippen molar-refractivity contribution in [2.24, 2.45) is 11.5 Å². The van der Waals surface area contributed by atoms with Crippen LogP contribution in [0.5, 0.6) is 5.75 Å². The molecule has 1 aromatic rings. The van der Waals surface area contributed by atoms with E-state index in [0.717, 1.165) is 25.3 Å². The lowest BCUT2D eigenvalue weighted by Crippen LogP contribution is -2.41. The molecule has 17 heavy (non-hydrogen) atoms. The lowest BCUT2D eigenvalue weighted by atomic mass is 10.1. The van der Waals surface area contributed by atoms with Crippen molar-refractivity contribution < 1.29 is 4.74 Å². The van der Waals surface area contributed by atoms with Crippen LogP contribution in [0.3, 0.4) is 0 Å². The number of likely N-dealkylation sites (N-methyl/N-ethyl adjacent to an activating group) is 1. The summed E-state index contributed by atoms with van der Waals surface area (Å²) in [6.07, 6.45) is 1.01. The van der Waals surface area contributed by atoms with Crippen molar-refractivity contribution in [2.45, 2.75) is 12.5 Å². The van der Waals surface area contributed by atoms with Crippen molar-refractivity contribution in [3.8, 4) is 5.75 Å². The summed E-state index contributed by atoms with van der Waals surface area (Å²) in [5.74, 6) is 0.896. The summed E-state index contributed by atoms with van der Waals surface area (Å²) in [6.45, 7) is 2.36. The third-order valence-corrected chi connectivity index (χ3v) is 2.79. The molecule has 4 N–H and O–H groups in total. The maximum absolute atomic E-state index is 5.80. The Morgan fingerprint density at radius 3 is 2.47 bits per heavy atom. The zero-order valence-electron chi connectivity index (χ0n) is 10.7. The molecule has 0 aliphatic heterocycles. The number of ether oxygens (including phenoxy) is 1. The second-order valence-corrected chi connectivity index (χ2v) is 4.36. The van der Waals surface area contributed by atoms with Gasteiger partial charge in [-0.2, -0.15) is 0 Å². The van der Waals surface area contributed by atoms with Gasteiger partial charge in [0, 0.05) is 25.7 Å². The Hall–Kier alpha value is -1.10. The molecule has 0 saturated heterocycles. The minimum absolute atomic E-state index is 0.0656. The number of nitrogens with two attached hydrogens (primary N) is 2. The van der Waals surface area contributed by atoms with Crippen molar-refractivity contribution in [1.82, 2.24) is 4.90 Å². The van der Waals surface area contributed by atoms with Gasteiger partial charge in [-0.15, -0.1) is 0 Å². The Kier molecular flexibility index (Phi) is 5.97. The van der Waals surface area contributed by atoms with Gasteiger partial charge < -0.3 is 21.1 Å². The summed E-state index contributed by atoms with van der Waals surface area (Å²) in [7, 11) is 3.75. The van der Waals surface area contributed by atoms with E-state index in [9.17, 15) is 0 Å². The first kappa shape index (κ1) is 14.0. The second kappa shape index (κ2) is 7.27. The van der Waals surface area contributed by atoms with E-state index in [0.29, 0.717) is 6.54 Å². The normalized spacial score (nSPS) is 12.8. The summed E-state index contributed by atoms with van der Waals surface area (Å²) >= 11 is 0. The molecule has 0 amide bonds. The van der Waals surface area contributed by atoms with Gasteiger partial charge in [-0.3, -0.25) is 0 Å². The van der Waals surface area contributed by atoms with Gasteiger partial charge in [0.05, 0.1) is 7.11 Å². The smallest absolute Gasteiger partial charge is 0.118 e. The lowest BCUT2D eigenvalue weighted by Gasteiger charge is -2.20. The molecule has 0 aliphatic rings. The van der Waals surface area contributed by atoms with E-state index >= 15 is 0 Å². The number of methoxy groups -OCH3 is 1. The van der Waals surface area contributed by atoms with E-state index in [1.807, 2.05) is 12.1 Å². The van der Waals surface area contributed by atoms with E-state index in [-0.39, 0.29) is 6.04 Å². The van der Waals surface area contributed by atoms with Crippen LogP contribution in [-0.2, 0) is 6.42 Å². The highest BCUT2D eigenvalue weighted by molar-refractivity contribution is 5.27. The molecule has 0 saturated carbocycles. The number of benzene rings is 1. The third-order valence-electron chi connectivity index (χ3n) is 2.79. The SMILES string of the molecule is COc1ccc(CCN(C)CC(N)CN)cc1. The molecule has 1 unspecified atom stereocenters. The van der Waals surface area contributed by atoms with Crippen molar-refractivity contribution in [2.75, 3.05) is 33.8 Å². The highest BCUT2D eigenvalue weighted by Gasteiger charge is 2.04. The fraction of sp³-hybridized carbons (Fsp3) is 0.538. The van der Waals surface area contributed by atoms with Gasteiger partial charge in [-0.1, -0.05) is 12.1 Å². The molecule has 0 radical (unpaired) electrons. The Labute approximate surface area is 104 Å². The van der Waals surface area contributed by atoms with Crippen molar-refractivity contribution >= 4 is 0 Å². The van der Waals surface area contributed by atoms with Crippen LogP contribution in [0, 0.1) is 0 Å². The van der Waals surface area contributed by atoms with Crippen molar-refractivity contribution in [3.05, 3.63) is 29.8 Å². The molecule has 0 fully saturated rings. The van der Waals surface area contributed by atoms with E-state index < -0.39 is 0 Å². The van der Waals surface area contributed by atoms with Crippen LogP contribution in [0.4, 0.5) is 0 Å². The van der Waals surface area contributed by atoms with Gasteiger partial charge in [0.15, 0.2) is 0 Å². The fourth-order valence-corrected chi connectivity index (χ4v) is 1.68. The van der Waals surface area contributed by atoms with Gasteiger partial charge in [-0.25, -0.2) is 0 Å². The Morgan fingerprint density at radius 2 is 1.94 bits per heavy atom. The number of rotatable bonds is 7. The molecule has 0 spiro atoms. The minimum atomic E-state index is 0.0656. The summed E-state index contributed by atoms with van der Waals surface area (Å²) < 4.78 is 5.12. The third kappa shape index (κ3) is 5.17. The predicted molar refractivity (Wildman–Crippen MR) is 71.2 cm³/mol. The van der Waals surface area contributed by atoms with Gasteiger partial charge >= 0.3 is 0 Å². The maximum atomic E-state index is 5.80. The van der Waals surface area contributed by atoms with E-state index in [1.165, 1.54) is 5.56 Å². The highest BCUT2D eigenvalue weighted by atomic mass is 16.5. The van der Waals surface area contributed by atoms with Gasteiger partial charge in [-0.05, 0) is 31.2 Å². The van der Waals surface area contributed by atoms with Crippen molar-refractivity contribution in [3.63, 3.8) is 0 Å². The summed E-state index contributed by atoms with van der Waals surface area (Å²) in [4.78, 5) is 2.21. The predicted octanol–water partition coefficient (Wildman–Crippen LogP) is 0.456. The molecule has 4 heteroatoms. The molecular weight excluding hydrogens is 214 g/mol. The average Bonchev–Trinajstić information content (AvgIpc) is 2.36. The van der Waals surface area contributed by atoms with Gasteiger partial charge in [0.25, 0.3) is 0 Å². The average molecular weight is 237 g/mol. The van der Waals surface area contributed by atoms with Crippen LogP contribution >= 0.6 is 0 Å². The van der Waals surface area contributed by atoms with Crippen LogP contribution in [-0.4, -0.2) is 44.7 Å². The first-order valence-electron chi connectivity index (χ1n) is 5.93. The molecule has 0 bridgehead atoms. The number of nitrogens with zero attached hydrogens (tertiary/aromatic N) is 1. The van der Waals surface area contributed by atoms with Crippen LogP contribution in [0.2, 0.25) is 0 Å². The molecule has 0 aromatic heterocycles. The van der Waals surface area contributed by atoms with Crippen LogP contribution < -0.4 is 16.2 Å². The molecule has 1 atom stereocenters. The van der Waals surface area contributed by atoms with Gasteiger partial charge in [0.1, 0.15) is 5.75 Å². The van der Waals surface area contributed by atoms with Crippen LogP contribution in [0.25, 0.3) is 0 Å². The Morgan fingerprint density at radius 1 is 1.29 bits per heavy atom. The minimum Gasteiger partial charge on any atom is -0.497 e. The molecule has 0 heterocycles. The van der Waals surface area contributed by atoms with Crippen molar-refractivity contribution in [1.29, 1.82) is 0 Å². The summed E-state index contributed by atoms with van der Waals surface area (Å²) in [5.41, 5.74) is 12.6. The Balaban J connectivity index is 2.34. The quantitative estimate of drug-likeness (QED) is 0.723. The first-order valence-corrected chi connectivity index (χ1v) is 5.93. The zero-order chi connectivity index (χ0) is 12.7. The number of hydrogen-bond donors (Lipinski definition) is 2. The first-order chi connectivity index (χ1) is 8.15. The second-order valence-electron chi connectivity index (χ2n) is 4.36. The van der Waals surface area contributed by atoms with E-state index in [2.05, 4.69) is 24.1 Å². The summed E-state index contributed by atoms with van der Waals surface area (Å²) in [6, 6.07) is 8.23. The van der Waals surface area contributed by atoms with E-state index in [4.69, 9.17) is 16.2 Å². The lowest BCUT2D eigenvalue weighted by molar-refractivity contribution is 0.316. The molecule has 0 aliphatic carbocycles. The monoisotopic (exact) mass is 237 g/mol. The molecule has 96 valence electrons.